The smallest absolute Gasteiger partial charge is 0.239 e. The van der Waals surface area contributed by atoms with Crippen LogP contribution in [-0.4, -0.2) is 39.3 Å². The van der Waals surface area contributed by atoms with Crippen molar-refractivity contribution in [2.45, 2.75) is 48.4 Å². The minimum Gasteiger partial charge on any atom is -0.301 e. The van der Waals surface area contributed by atoms with Crippen molar-refractivity contribution in [1.29, 1.82) is 0 Å². The Labute approximate surface area is 212 Å². The van der Waals surface area contributed by atoms with E-state index < -0.39 is 15.1 Å². The Morgan fingerprint density at radius 1 is 1.17 bits per heavy atom. The summed E-state index contributed by atoms with van der Waals surface area (Å²) in [6, 6.07) is 12.6. The van der Waals surface area contributed by atoms with Crippen LogP contribution in [0.2, 0.25) is 0 Å². The van der Waals surface area contributed by atoms with E-state index in [1.54, 1.807) is 41.8 Å². The molecule has 2 heterocycles. The first kappa shape index (κ1) is 25.1. The molecule has 0 aliphatic heterocycles. The van der Waals surface area contributed by atoms with Gasteiger partial charge in [0.1, 0.15) is 11.6 Å². The third-order valence-electron chi connectivity index (χ3n) is 5.23. The highest BCUT2D eigenvalue weighted by Gasteiger charge is 2.24. The molecule has 11 heteroatoms. The average Bonchev–Trinajstić information content (AvgIpc) is 3.37. The highest BCUT2D eigenvalue weighted by molar-refractivity contribution is 8.00. The van der Waals surface area contributed by atoms with Gasteiger partial charge in [-0.2, -0.15) is 0 Å². The predicted molar refractivity (Wildman–Crippen MR) is 141 cm³/mol. The van der Waals surface area contributed by atoms with E-state index in [9.17, 15) is 13.2 Å². The van der Waals surface area contributed by atoms with Gasteiger partial charge in [-0.05, 0) is 50.6 Å². The van der Waals surface area contributed by atoms with Crippen molar-refractivity contribution in [1.82, 2.24) is 19.7 Å². The number of carbonyl (C=O) groups excluding carboxylic acids is 1. The number of fused-ring (bicyclic) bond motifs is 1. The first-order chi connectivity index (χ1) is 16.7. The first-order valence-electron chi connectivity index (χ1n) is 10.8. The molecule has 1 unspecified atom stereocenters. The molecule has 8 nitrogen and oxygen atoms in total. The Balaban J connectivity index is 1.49. The molecular weight excluding hydrogens is 502 g/mol. The number of aryl methyl sites for hydroxylation is 2. The van der Waals surface area contributed by atoms with E-state index in [4.69, 9.17) is 0 Å². The second-order valence-electron chi connectivity index (χ2n) is 8.11. The molecule has 1 amide bonds. The van der Waals surface area contributed by atoms with E-state index in [0.717, 1.165) is 21.3 Å². The number of benzene rings is 2. The van der Waals surface area contributed by atoms with Crippen LogP contribution in [0.4, 0.5) is 5.13 Å². The average molecular weight is 528 g/mol. The Kier molecular flexibility index (Phi) is 7.39. The molecule has 182 valence electrons. The first-order valence-corrected chi connectivity index (χ1v) is 14.2. The van der Waals surface area contributed by atoms with Gasteiger partial charge in [-0.15, -0.1) is 16.8 Å². The van der Waals surface area contributed by atoms with Crippen molar-refractivity contribution < 1.29 is 13.2 Å². The van der Waals surface area contributed by atoms with Gasteiger partial charge in [0.05, 0.1) is 20.4 Å². The number of anilines is 1. The summed E-state index contributed by atoms with van der Waals surface area (Å²) in [6.07, 6.45) is 1.64. The number of thioether (sulfide) groups is 1. The maximum absolute atomic E-state index is 12.9. The van der Waals surface area contributed by atoms with E-state index in [1.807, 2.05) is 32.0 Å². The summed E-state index contributed by atoms with van der Waals surface area (Å²) >= 11 is 2.62. The second-order valence-corrected chi connectivity index (χ2v) is 12.4. The normalized spacial score (nSPS) is 12.5. The van der Waals surface area contributed by atoms with Crippen molar-refractivity contribution in [3.8, 4) is 0 Å². The third-order valence-corrected chi connectivity index (χ3v) is 8.87. The Morgan fingerprint density at radius 3 is 2.60 bits per heavy atom. The summed E-state index contributed by atoms with van der Waals surface area (Å²) in [5, 5.41) is 11.6. The van der Waals surface area contributed by atoms with Crippen molar-refractivity contribution in [3.05, 3.63) is 72.1 Å². The van der Waals surface area contributed by atoms with Crippen molar-refractivity contribution >= 4 is 54.2 Å². The number of nitrogens with one attached hydrogen (secondary N) is 1. The highest BCUT2D eigenvalue weighted by Crippen LogP contribution is 2.29. The zero-order valence-corrected chi connectivity index (χ0v) is 22.0. The number of sulfone groups is 1. The largest absolute Gasteiger partial charge is 0.301 e. The van der Waals surface area contributed by atoms with Crippen LogP contribution in [0, 0.1) is 13.8 Å². The van der Waals surface area contributed by atoms with Gasteiger partial charge in [0.25, 0.3) is 0 Å². The number of nitrogens with zero attached hydrogens (tertiary/aromatic N) is 4. The molecule has 2 aromatic carbocycles. The van der Waals surface area contributed by atoms with Crippen molar-refractivity contribution in [2.75, 3.05) is 5.32 Å². The number of allylic oxidation sites excluding steroid dienone is 1. The number of aromatic nitrogens is 4. The summed E-state index contributed by atoms with van der Waals surface area (Å²) in [7, 11) is -3.61. The molecular formula is C24H25N5O3S3. The minimum atomic E-state index is -3.61. The molecule has 0 fully saturated rings. The van der Waals surface area contributed by atoms with E-state index in [1.165, 1.54) is 23.1 Å². The summed E-state index contributed by atoms with van der Waals surface area (Å²) in [6.45, 7) is 9.74. The number of carbonyl (C=O) groups is 1. The van der Waals surface area contributed by atoms with Crippen molar-refractivity contribution in [2.24, 2.45) is 0 Å². The lowest BCUT2D eigenvalue weighted by Crippen LogP contribution is -2.23. The van der Waals surface area contributed by atoms with Crippen LogP contribution >= 0.6 is 23.1 Å². The van der Waals surface area contributed by atoms with Gasteiger partial charge in [-0.3, -0.25) is 4.79 Å². The molecule has 35 heavy (non-hydrogen) atoms. The summed E-state index contributed by atoms with van der Waals surface area (Å²) in [5.74, 6) is -0.238. The molecule has 0 bridgehead atoms. The van der Waals surface area contributed by atoms with Crippen LogP contribution in [0.1, 0.15) is 23.9 Å². The van der Waals surface area contributed by atoms with Crippen LogP contribution in [0.15, 0.2) is 65.2 Å². The molecule has 4 aromatic rings. The topological polar surface area (TPSA) is 107 Å². The summed E-state index contributed by atoms with van der Waals surface area (Å²) in [5.41, 5.74) is 2.94. The minimum absolute atomic E-state index is 0.226. The van der Waals surface area contributed by atoms with E-state index >= 15 is 0 Å². The molecule has 0 radical (unpaired) electrons. The fraction of sp³-hybridized carbons (Fsp3) is 0.250. The van der Waals surface area contributed by atoms with Crippen LogP contribution in [0.3, 0.4) is 0 Å². The molecule has 0 saturated heterocycles. The number of amides is 1. The standard InChI is InChI=1S/C24H25N5O3S3/c1-5-12-29-21(14-35(31,32)18-9-6-15(2)7-10-18)27-28-24(29)33-17(4)22(30)26-23-25-19-11-8-16(3)13-20(19)34-23/h5-11,13,17H,1,12,14H2,2-4H3,(H,25,26,30). The van der Waals surface area contributed by atoms with Gasteiger partial charge in [0, 0.05) is 6.54 Å². The monoisotopic (exact) mass is 527 g/mol. The molecule has 4 rings (SSSR count). The van der Waals surface area contributed by atoms with Gasteiger partial charge in [-0.1, -0.05) is 52.9 Å². The van der Waals surface area contributed by atoms with Gasteiger partial charge in [0.2, 0.25) is 5.91 Å². The van der Waals surface area contributed by atoms with Crippen LogP contribution in [0.25, 0.3) is 10.2 Å². The second kappa shape index (κ2) is 10.3. The quantitative estimate of drug-likeness (QED) is 0.246. The number of hydrogen-bond donors (Lipinski definition) is 1. The van der Waals surface area contributed by atoms with E-state index in [-0.39, 0.29) is 16.6 Å². The molecule has 2 aromatic heterocycles. The van der Waals surface area contributed by atoms with Crippen LogP contribution in [-0.2, 0) is 26.9 Å². The Morgan fingerprint density at radius 2 is 1.89 bits per heavy atom. The van der Waals surface area contributed by atoms with Gasteiger partial charge >= 0.3 is 0 Å². The fourth-order valence-corrected chi connectivity index (χ4v) is 6.44. The summed E-state index contributed by atoms with van der Waals surface area (Å²) < 4.78 is 28.5. The number of hydrogen-bond acceptors (Lipinski definition) is 8. The van der Waals surface area contributed by atoms with Crippen LogP contribution in [0.5, 0.6) is 0 Å². The third kappa shape index (κ3) is 5.80. The van der Waals surface area contributed by atoms with Gasteiger partial charge < -0.3 is 9.88 Å². The maximum atomic E-state index is 12.9. The predicted octanol–water partition coefficient (Wildman–Crippen LogP) is 4.78. The highest BCUT2D eigenvalue weighted by atomic mass is 32.2. The van der Waals surface area contributed by atoms with Gasteiger partial charge in [-0.25, -0.2) is 13.4 Å². The van der Waals surface area contributed by atoms with Crippen molar-refractivity contribution in [3.63, 3.8) is 0 Å². The zero-order valence-electron chi connectivity index (χ0n) is 19.6. The lowest BCUT2D eigenvalue weighted by atomic mass is 10.2. The SMILES string of the molecule is C=CCn1c(CS(=O)(=O)c2ccc(C)cc2)nnc1SC(C)C(=O)Nc1nc2ccc(C)cc2s1. The molecule has 0 spiro atoms. The molecule has 1 N–H and O–H groups in total. The maximum Gasteiger partial charge on any atom is 0.239 e. The molecule has 1 atom stereocenters. The fourth-order valence-electron chi connectivity index (χ4n) is 3.33. The van der Waals surface area contributed by atoms with E-state index in [2.05, 4.69) is 27.1 Å². The Bertz CT molecular complexity index is 1490. The molecule has 0 aliphatic rings. The Hall–Kier alpha value is -3.02. The summed E-state index contributed by atoms with van der Waals surface area (Å²) in [4.78, 5) is 17.5. The number of thiazole rings is 1. The van der Waals surface area contributed by atoms with E-state index in [0.29, 0.717) is 22.7 Å². The van der Waals surface area contributed by atoms with Crippen LogP contribution < -0.4 is 5.32 Å². The lowest BCUT2D eigenvalue weighted by molar-refractivity contribution is -0.115. The number of rotatable bonds is 9. The lowest BCUT2D eigenvalue weighted by Gasteiger charge is -2.12. The molecule has 0 saturated carbocycles. The molecule has 0 aliphatic carbocycles. The zero-order chi connectivity index (χ0) is 25.2. The van der Waals surface area contributed by atoms with Gasteiger partial charge in [0.15, 0.2) is 20.1 Å².